The van der Waals surface area contributed by atoms with E-state index in [1.807, 2.05) is 0 Å². The molecule has 0 heterocycles. The third-order valence-electron chi connectivity index (χ3n) is 2.24. The van der Waals surface area contributed by atoms with Crippen molar-refractivity contribution in [2.45, 2.75) is 19.6 Å². The van der Waals surface area contributed by atoms with Crippen molar-refractivity contribution >= 4 is 5.69 Å². The van der Waals surface area contributed by atoms with Gasteiger partial charge in [0, 0.05) is 22.9 Å². The second-order valence-corrected chi connectivity index (χ2v) is 3.23. The zero-order chi connectivity index (χ0) is 10.7. The van der Waals surface area contributed by atoms with Crippen molar-refractivity contribution in [1.29, 1.82) is 0 Å². The lowest BCUT2D eigenvalue weighted by Gasteiger charge is -2.14. The van der Waals surface area contributed by atoms with Crippen LogP contribution in [-0.2, 0) is 6.67 Å². The summed E-state index contributed by atoms with van der Waals surface area (Å²) in [4.78, 5) is 0. The number of hydrogen-bond acceptors (Lipinski definition) is 2. The van der Waals surface area contributed by atoms with Crippen LogP contribution in [0.1, 0.15) is 24.1 Å². The first-order valence-electron chi connectivity index (χ1n) is 4.41. The number of nitrogen functional groups attached to an aromatic ring is 1. The zero-order valence-corrected chi connectivity index (χ0v) is 8.27. The monoisotopic (exact) mass is 200 g/mol. The first-order valence-corrected chi connectivity index (χ1v) is 4.41. The summed E-state index contributed by atoms with van der Waals surface area (Å²) < 4.78 is 26.0. The van der Waals surface area contributed by atoms with Crippen molar-refractivity contribution in [1.82, 2.24) is 5.32 Å². The Morgan fingerprint density at radius 3 is 2.64 bits per heavy atom. The third kappa shape index (κ3) is 2.01. The number of nitrogens with one attached hydrogen (secondary N) is 1. The SMILES string of the molecule is CN[C@H](C)c1cc(N)cc(CF)c1F. The molecule has 1 aromatic rings. The lowest BCUT2D eigenvalue weighted by molar-refractivity contribution is 0.457. The fourth-order valence-electron chi connectivity index (χ4n) is 1.30. The van der Waals surface area contributed by atoms with Crippen molar-refractivity contribution in [2.24, 2.45) is 0 Å². The molecule has 0 bridgehead atoms. The molecule has 3 N–H and O–H groups in total. The number of nitrogens with two attached hydrogens (primary N) is 1. The molecule has 0 aliphatic rings. The van der Waals surface area contributed by atoms with E-state index in [1.54, 1.807) is 14.0 Å². The molecule has 0 aromatic heterocycles. The first-order chi connectivity index (χ1) is 6.60. The number of anilines is 1. The predicted octanol–water partition coefficient (Wildman–Crippen LogP) is 2.16. The molecule has 0 aliphatic heterocycles. The van der Waals surface area contributed by atoms with Gasteiger partial charge in [0.2, 0.25) is 0 Å². The van der Waals surface area contributed by atoms with E-state index in [0.717, 1.165) is 0 Å². The summed E-state index contributed by atoms with van der Waals surface area (Å²) in [5, 5.41) is 2.88. The van der Waals surface area contributed by atoms with E-state index in [2.05, 4.69) is 5.32 Å². The topological polar surface area (TPSA) is 38.0 Å². The number of alkyl halides is 1. The van der Waals surface area contributed by atoms with Crippen LogP contribution in [0.15, 0.2) is 12.1 Å². The van der Waals surface area contributed by atoms with Gasteiger partial charge in [0.25, 0.3) is 0 Å². The van der Waals surface area contributed by atoms with Gasteiger partial charge in [0.05, 0.1) is 0 Å². The molecule has 1 atom stereocenters. The Hall–Kier alpha value is -1.16. The van der Waals surface area contributed by atoms with E-state index in [9.17, 15) is 8.78 Å². The molecule has 4 heteroatoms. The number of halogens is 2. The maximum absolute atomic E-state index is 13.6. The van der Waals surface area contributed by atoms with E-state index in [1.165, 1.54) is 12.1 Å². The minimum atomic E-state index is -0.833. The molecule has 0 unspecified atom stereocenters. The van der Waals surface area contributed by atoms with Crippen LogP contribution in [0.25, 0.3) is 0 Å². The highest BCUT2D eigenvalue weighted by Crippen LogP contribution is 2.23. The van der Waals surface area contributed by atoms with E-state index >= 15 is 0 Å². The average Bonchev–Trinajstić information content (AvgIpc) is 2.19. The van der Waals surface area contributed by atoms with Gasteiger partial charge in [-0.1, -0.05) is 0 Å². The van der Waals surface area contributed by atoms with Crippen LogP contribution in [0.2, 0.25) is 0 Å². The van der Waals surface area contributed by atoms with Crippen LogP contribution in [0.4, 0.5) is 14.5 Å². The quantitative estimate of drug-likeness (QED) is 0.734. The Kier molecular flexibility index (Phi) is 3.41. The second-order valence-electron chi connectivity index (χ2n) is 3.23. The molecule has 78 valence electrons. The summed E-state index contributed by atoms with van der Waals surface area (Å²) in [7, 11) is 1.71. The summed E-state index contributed by atoms with van der Waals surface area (Å²) in [6.07, 6.45) is 0. The van der Waals surface area contributed by atoms with Crippen molar-refractivity contribution in [2.75, 3.05) is 12.8 Å². The Labute approximate surface area is 82.1 Å². The Balaban J connectivity index is 3.21. The number of benzene rings is 1. The van der Waals surface area contributed by atoms with E-state index < -0.39 is 12.5 Å². The molecule has 0 fully saturated rings. The maximum atomic E-state index is 13.6. The van der Waals surface area contributed by atoms with Gasteiger partial charge < -0.3 is 11.1 Å². The third-order valence-corrected chi connectivity index (χ3v) is 2.24. The van der Waals surface area contributed by atoms with Gasteiger partial charge in [-0.15, -0.1) is 0 Å². The van der Waals surface area contributed by atoms with Crippen molar-refractivity contribution < 1.29 is 8.78 Å². The van der Waals surface area contributed by atoms with Gasteiger partial charge >= 0.3 is 0 Å². The van der Waals surface area contributed by atoms with Crippen molar-refractivity contribution in [3.8, 4) is 0 Å². The minimum absolute atomic E-state index is 0.0158. The number of rotatable bonds is 3. The molecular weight excluding hydrogens is 186 g/mol. The van der Waals surface area contributed by atoms with Crippen LogP contribution in [-0.4, -0.2) is 7.05 Å². The standard InChI is InChI=1S/C10H14F2N2/c1-6(14-2)9-4-8(13)3-7(5-11)10(9)12/h3-4,6,14H,5,13H2,1-2H3/t6-/m1/s1. The zero-order valence-electron chi connectivity index (χ0n) is 8.27. The summed E-state index contributed by atoms with van der Waals surface area (Å²) in [5.74, 6) is -0.511. The highest BCUT2D eigenvalue weighted by Gasteiger charge is 2.13. The van der Waals surface area contributed by atoms with Gasteiger partial charge in [0.15, 0.2) is 0 Å². The maximum Gasteiger partial charge on any atom is 0.133 e. The van der Waals surface area contributed by atoms with Crippen LogP contribution in [0, 0.1) is 5.82 Å². The molecule has 1 rings (SSSR count). The lowest BCUT2D eigenvalue weighted by atomic mass is 10.0. The summed E-state index contributed by atoms with van der Waals surface area (Å²) >= 11 is 0. The smallest absolute Gasteiger partial charge is 0.133 e. The molecule has 0 saturated carbocycles. The molecule has 14 heavy (non-hydrogen) atoms. The fourth-order valence-corrected chi connectivity index (χ4v) is 1.30. The van der Waals surface area contributed by atoms with Crippen molar-refractivity contribution in [3.63, 3.8) is 0 Å². The normalized spacial score (nSPS) is 12.9. The largest absolute Gasteiger partial charge is 0.399 e. The highest BCUT2D eigenvalue weighted by atomic mass is 19.1. The average molecular weight is 200 g/mol. The Bertz CT molecular complexity index is 326. The fraction of sp³-hybridized carbons (Fsp3) is 0.400. The van der Waals surface area contributed by atoms with Crippen LogP contribution in [0.3, 0.4) is 0 Å². The predicted molar refractivity (Wildman–Crippen MR) is 53.1 cm³/mol. The molecular formula is C10H14F2N2. The molecule has 0 radical (unpaired) electrons. The van der Waals surface area contributed by atoms with E-state index in [4.69, 9.17) is 5.73 Å². The van der Waals surface area contributed by atoms with Gasteiger partial charge in [-0.2, -0.15) is 0 Å². The molecule has 0 saturated heterocycles. The summed E-state index contributed by atoms with van der Waals surface area (Å²) in [6, 6.07) is 2.67. The molecule has 0 amide bonds. The van der Waals surface area contributed by atoms with Crippen LogP contribution >= 0.6 is 0 Å². The minimum Gasteiger partial charge on any atom is -0.399 e. The number of hydrogen-bond donors (Lipinski definition) is 2. The van der Waals surface area contributed by atoms with Crippen molar-refractivity contribution in [3.05, 3.63) is 29.1 Å². The Morgan fingerprint density at radius 2 is 2.14 bits per heavy atom. The summed E-state index contributed by atoms with van der Waals surface area (Å²) in [5.41, 5.74) is 6.34. The van der Waals surface area contributed by atoms with Gasteiger partial charge in [-0.3, -0.25) is 0 Å². The molecule has 1 aromatic carbocycles. The molecule has 0 spiro atoms. The second kappa shape index (κ2) is 4.37. The lowest BCUT2D eigenvalue weighted by Crippen LogP contribution is -2.15. The molecule has 0 aliphatic carbocycles. The highest BCUT2D eigenvalue weighted by molar-refractivity contribution is 5.46. The van der Waals surface area contributed by atoms with E-state index in [-0.39, 0.29) is 11.6 Å². The van der Waals surface area contributed by atoms with E-state index in [0.29, 0.717) is 11.3 Å². The van der Waals surface area contributed by atoms with Crippen LogP contribution in [0.5, 0.6) is 0 Å². The van der Waals surface area contributed by atoms with Gasteiger partial charge in [-0.25, -0.2) is 8.78 Å². The summed E-state index contributed by atoms with van der Waals surface area (Å²) in [6.45, 7) is 0.959. The molecule has 2 nitrogen and oxygen atoms in total. The first kappa shape index (κ1) is 10.9. The van der Waals surface area contributed by atoms with Gasteiger partial charge in [-0.05, 0) is 26.1 Å². The Morgan fingerprint density at radius 1 is 1.50 bits per heavy atom. The van der Waals surface area contributed by atoms with Crippen LogP contribution < -0.4 is 11.1 Å². The van der Waals surface area contributed by atoms with Gasteiger partial charge in [0.1, 0.15) is 12.5 Å².